The molecule has 0 heteroatoms. The van der Waals surface area contributed by atoms with Crippen LogP contribution in [0.1, 0.15) is 37.8 Å². The summed E-state index contributed by atoms with van der Waals surface area (Å²) in [6.45, 7) is 4.84. The molecule has 0 spiro atoms. The van der Waals surface area contributed by atoms with Gasteiger partial charge in [0, 0.05) is 5.41 Å². The zero-order chi connectivity index (χ0) is 45.5. The van der Waals surface area contributed by atoms with Crippen molar-refractivity contribution in [2.75, 3.05) is 0 Å². The fourth-order valence-electron chi connectivity index (χ4n) is 13.5. The number of rotatable bonds is 6. The average molecular weight is 875 g/mol. The second-order valence-corrected chi connectivity index (χ2v) is 19.6. The Morgan fingerprint density at radius 2 is 0.522 bits per heavy atom. The molecule has 0 nitrogen and oxygen atoms in total. The quantitative estimate of drug-likeness (QED) is 0.156. The molecule has 15 rings (SSSR count). The molecular formula is C69H46. The monoisotopic (exact) mass is 874 g/mol. The highest BCUT2D eigenvalue weighted by molar-refractivity contribution is 6.21. The summed E-state index contributed by atoms with van der Waals surface area (Å²) in [5.74, 6) is 0. The SMILES string of the molecule is CCC1(CC)c2cc(-c3ccc4c5c(cccc35)-c3ccccc3-4)c(-c3cccc4ccccc34)cc2-c2cc(-c3cccc4ccccc34)c(-c3ccc4c5c(cccc35)-c3ccccc3-4)cc21. The minimum absolute atomic E-state index is 0.209. The number of benzene rings is 12. The van der Waals surface area contributed by atoms with Crippen molar-refractivity contribution in [1.29, 1.82) is 0 Å². The average Bonchev–Trinajstić information content (AvgIpc) is 4.02. The summed E-state index contributed by atoms with van der Waals surface area (Å²) in [5, 5.41) is 10.4. The zero-order valence-electron chi connectivity index (χ0n) is 38.7. The smallest absolute Gasteiger partial charge is 0.0210 e. The normalized spacial score (nSPS) is 13.3. The van der Waals surface area contributed by atoms with Crippen LogP contribution in [0.3, 0.4) is 0 Å². The van der Waals surface area contributed by atoms with E-state index in [1.165, 1.54) is 154 Å². The van der Waals surface area contributed by atoms with Crippen molar-refractivity contribution in [1.82, 2.24) is 0 Å². The third-order valence-corrected chi connectivity index (χ3v) is 16.7. The van der Waals surface area contributed by atoms with Gasteiger partial charge in [0.2, 0.25) is 0 Å². The van der Waals surface area contributed by atoms with E-state index >= 15 is 0 Å². The van der Waals surface area contributed by atoms with E-state index in [2.05, 4.69) is 232 Å². The maximum Gasteiger partial charge on any atom is 0.0210 e. The standard InChI is InChI=1S/C69H46/c1-3-69(4-2)65-39-61(51-33-35-57-49-25-11-9-23-47(49)53-29-15-31-55(51)67(53)57)59(45-27-13-19-41-17-5-7-21-43(41)45)37-63(65)64-38-60(46-28-14-20-42-18-6-8-22-44(42)46)62(40-66(64)69)52-34-36-58-50-26-12-10-24-48(50)54-30-16-32-56(52)68(54)58/h5-40H,3-4H2,1-2H3. The first-order valence-corrected chi connectivity index (χ1v) is 24.8. The molecule has 3 aliphatic carbocycles. The van der Waals surface area contributed by atoms with Crippen LogP contribution >= 0.6 is 0 Å². The van der Waals surface area contributed by atoms with E-state index in [4.69, 9.17) is 0 Å². The Balaban J connectivity index is 1.05. The molecule has 0 heterocycles. The third kappa shape index (κ3) is 5.19. The van der Waals surface area contributed by atoms with Gasteiger partial charge in [-0.3, -0.25) is 0 Å². The topological polar surface area (TPSA) is 0 Å². The first-order valence-electron chi connectivity index (χ1n) is 24.8. The van der Waals surface area contributed by atoms with E-state index in [0.29, 0.717) is 0 Å². The van der Waals surface area contributed by atoms with Crippen LogP contribution in [0.15, 0.2) is 218 Å². The summed E-state index contributed by atoms with van der Waals surface area (Å²) in [6, 6.07) is 83.4. The van der Waals surface area contributed by atoms with Gasteiger partial charge in [0.25, 0.3) is 0 Å². The van der Waals surface area contributed by atoms with Crippen molar-refractivity contribution in [3.05, 3.63) is 230 Å². The lowest BCUT2D eigenvalue weighted by Crippen LogP contribution is -2.23. The van der Waals surface area contributed by atoms with Gasteiger partial charge >= 0.3 is 0 Å². The van der Waals surface area contributed by atoms with Crippen molar-refractivity contribution in [2.24, 2.45) is 0 Å². The van der Waals surface area contributed by atoms with Gasteiger partial charge in [0.15, 0.2) is 0 Å². The van der Waals surface area contributed by atoms with Crippen LogP contribution in [0.4, 0.5) is 0 Å². The zero-order valence-corrected chi connectivity index (χ0v) is 38.7. The minimum atomic E-state index is -0.209. The molecule has 0 saturated heterocycles. The molecule has 0 aliphatic heterocycles. The molecule has 12 aromatic carbocycles. The van der Waals surface area contributed by atoms with Crippen LogP contribution in [0.2, 0.25) is 0 Å². The highest BCUT2D eigenvalue weighted by Crippen LogP contribution is 2.60. The molecule has 0 amide bonds. The van der Waals surface area contributed by atoms with E-state index in [1.807, 2.05) is 0 Å². The second-order valence-electron chi connectivity index (χ2n) is 19.6. The molecule has 0 atom stereocenters. The molecule has 322 valence electrons. The summed E-state index contributed by atoms with van der Waals surface area (Å²) in [5.41, 5.74) is 26.2. The predicted octanol–water partition coefficient (Wildman–Crippen LogP) is 19.3. The molecule has 12 aromatic rings. The largest absolute Gasteiger partial charge is 0.0642 e. The Morgan fingerprint density at radius 3 is 0.957 bits per heavy atom. The maximum atomic E-state index is 2.64. The highest BCUT2D eigenvalue weighted by atomic mass is 14.5. The van der Waals surface area contributed by atoms with Crippen molar-refractivity contribution in [2.45, 2.75) is 32.1 Å². The Morgan fingerprint density at radius 1 is 0.232 bits per heavy atom. The van der Waals surface area contributed by atoms with Gasteiger partial charge in [-0.2, -0.15) is 0 Å². The van der Waals surface area contributed by atoms with E-state index < -0.39 is 0 Å². The van der Waals surface area contributed by atoms with Gasteiger partial charge in [0.1, 0.15) is 0 Å². The fourth-order valence-corrected chi connectivity index (χ4v) is 13.5. The van der Waals surface area contributed by atoms with Crippen molar-refractivity contribution < 1.29 is 0 Å². The van der Waals surface area contributed by atoms with Crippen molar-refractivity contribution >= 4 is 43.1 Å². The molecular weight excluding hydrogens is 829 g/mol. The number of fused-ring (bicyclic) bond motifs is 11. The van der Waals surface area contributed by atoms with E-state index in [-0.39, 0.29) is 5.41 Å². The molecule has 69 heavy (non-hydrogen) atoms. The molecule has 0 fully saturated rings. The van der Waals surface area contributed by atoms with Crippen molar-refractivity contribution in [3.63, 3.8) is 0 Å². The first-order chi connectivity index (χ1) is 34.1. The Kier molecular flexibility index (Phi) is 8.06. The van der Waals surface area contributed by atoms with Gasteiger partial charge < -0.3 is 0 Å². The molecule has 0 bridgehead atoms. The maximum absolute atomic E-state index is 2.64. The number of hydrogen-bond acceptors (Lipinski definition) is 0. The van der Waals surface area contributed by atoms with Gasteiger partial charge in [0.05, 0.1) is 0 Å². The summed E-state index contributed by atoms with van der Waals surface area (Å²) < 4.78 is 0. The van der Waals surface area contributed by atoms with E-state index in [9.17, 15) is 0 Å². The predicted molar refractivity (Wildman–Crippen MR) is 294 cm³/mol. The number of hydrogen-bond donors (Lipinski definition) is 0. The summed E-state index contributed by atoms with van der Waals surface area (Å²) >= 11 is 0. The van der Waals surface area contributed by atoms with Crippen LogP contribution in [0.5, 0.6) is 0 Å². The molecule has 0 radical (unpaired) electrons. The second kappa shape index (κ2) is 14.3. The first kappa shape index (κ1) is 38.8. The van der Waals surface area contributed by atoms with Crippen LogP contribution in [0, 0.1) is 0 Å². The Labute approximate surface area is 402 Å². The lowest BCUT2D eigenvalue weighted by molar-refractivity contribution is 0.491. The molecule has 3 aliphatic rings. The van der Waals surface area contributed by atoms with E-state index in [1.54, 1.807) is 0 Å². The van der Waals surface area contributed by atoms with Crippen LogP contribution in [0.25, 0.3) is 143 Å². The van der Waals surface area contributed by atoms with E-state index in [0.717, 1.165) is 12.8 Å². The Bertz CT molecular complexity index is 3870. The summed E-state index contributed by atoms with van der Waals surface area (Å²) in [4.78, 5) is 0. The van der Waals surface area contributed by atoms with Crippen LogP contribution < -0.4 is 0 Å². The minimum Gasteiger partial charge on any atom is -0.0642 e. The van der Waals surface area contributed by atoms with Crippen LogP contribution in [-0.2, 0) is 5.41 Å². The lowest BCUT2D eigenvalue weighted by Gasteiger charge is -2.31. The van der Waals surface area contributed by atoms with Gasteiger partial charge in [-0.1, -0.05) is 208 Å². The van der Waals surface area contributed by atoms with Crippen LogP contribution in [-0.4, -0.2) is 0 Å². The summed E-state index contributed by atoms with van der Waals surface area (Å²) in [7, 11) is 0. The summed E-state index contributed by atoms with van der Waals surface area (Å²) in [6.07, 6.45) is 1.98. The molecule has 0 saturated carbocycles. The Hall–Kier alpha value is -8.32. The lowest BCUT2D eigenvalue weighted by atomic mass is 9.72. The van der Waals surface area contributed by atoms with Crippen molar-refractivity contribution in [3.8, 4) is 100 Å². The molecule has 0 unspecified atom stereocenters. The third-order valence-electron chi connectivity index (χ3n) is 16.7. The van der Waals surface area contributed by atoms with Gasteiger partial charge in [-0.25, -0.2) is 0 Å². The molecule has 0 N–H and O–H groups in total. The van der Waals surface area contributed by atoms with Gasteiger partial charge in [-0.05, 0) is 191 Å². The fraction of sp³-hybridized carbons (Fsp3) is 0.0725. The van der Waals surface area contributed by atoms with Gasteiger partial charge in [-0.15, -0.1) is 0 Å². The highest BCUT2D eigenvalue weighted by Gasteiger charge is 2.43. The molecule has 0 aromatic heterocycles.